The van der Waals surface area contributed by atoms with E-state index in [0.29, 0.717) is 41.3 Å². The topological polar surface area (TPSA) is 60.9 Å². The summed E-state index contributed by atoms with van der Waals surface area (Å²) < 4.78 is 7.61. The number of terminal acetylenes is 1. The third kappa shape index (κ3) is 3.37. The largest absolute Gasteiger partial charge is 0.434 e. The van der Waals surface area contributed by atoms with Crippen molar-refractivity contribution in [3.63, 3.8) is 0 Å². The number of nitrogens with zero attached hydrogens (tertiary/aromatic N) is 3. The molecule has 1 aliphatic carbocycles. The standard InChI is InChI=1S/C25H16ClN3O2/c1-2-16-15-29(25(30)21-20(16)9-6-14-27-21)23-22(17-10-12-19(26)13-11-17)31-24(28-23)18-7-4-3-5-8-18/h1,3-10,12,14-15H,11,13H2. The monoisotopic (exact) mass is 425 g/mol. The van der Waals surface area contributed by atoms with Gasteiger partial charge in [0.25, 0.3) is 5.56 Å². The molecule has 0 amide bonds. The van der Waals surface area contributed by atoms with Crippen molar-refractivity contribution in [3.8, 4) is 29.6 Å². The van der Waals surface area contributed by atoms with Gasteiger partial charge in [0.15, 0.2) is 11.6 Å². The van der Waals surface area contributed by atoms with Crippen molar-refractivity contribution < 1.29 is 4.42 Å². The molecule has 0 N–H and O–H groups in total. The second kappa shape index (κ2) is 7.75. The van der Waals surface area contributed by atoms with Gasteiger partial charge in [0.05, 0.1) is 5.56 Å². The Kier molecular flexibility index (Phi) is 4.78. The molecule has 0 atom stereocenters. The molecule has 3 aromatic heterocycles. The van der Waals surface area contributed by atoms with Crippen LogP contribution < -0.4 is 5.56 Å². The Morgan fingerprint density at radius 1 is 1.10 bits per heavy atom. The first-order valence-corrected chi connectivity index (χ1v) is 10.1. The van der Waals surface area contributed by atoms with Gasteiger partial charge in [-0.3, -0.25) is 14.3 Å². The number of oxazole rings is 1. The van der Waals surface area contributed by atoms with E-state index in [1.165, 1.54) is 4.57 Å². The highest BCUT2D eigenvalue weighted by Gasteiger charge is 2.23. The third-order valence-electron chi connectivity index (χ3n) is 5.18. The molecule has 0 radical (unpaired) electrons. The normalized spacial score (nSPS) is 13.5. The van der Waals surface area contributed by atoms with Gasteiger partial charge in [-0.1, -0.05) is 41.8 Å². The van der Waals surface area contributed by atoms with Crippen LogP contribution in [0.1, 0.15) is 24.2 Å². The number of hydrogen-bond donors (Lipinski definition) is 0. The van der Waals surface area contributed by atoms with Crippen molar-refractivity contribution in [2.45, 2.75) is 12.8 Å². The Morgan fingerprint density at radius 3 is 2.68 bits per heavy atom. The van der Waals surface area contributed by atoms with Gasteiger partial charge < -0.3 is 4.42 Å². The Hall–Kier alpha value is -3.88. The van der Waals surface area contributed by atoms with Crippen LogP contribution in [-0.4, -0.2) is 14.5 Å². The van der Waals surface area contributed by atoms with Crippen LogP contribution in [0.2, 0.25) is 0 Å². The maximum absolute atomic E-state index is 13.3. The fraction of sp³-hybridized carbons (Fsp3) is 0.0800. The molecular formula is C25H16ClN3O2. The number of fused-ring (bicyclic) bond motifs is 1. The fourth-order valence-corrected chi connectivity index (χ4v) is 3.78. The first-order valence-electron chi connectivity index (χ1n) is 9.75. The van der Waals surface area contributed by atoms with Crippen molar-refractivity contribution in [2.24, 2.45) is 0 Å². The molecule has 3 heterocycles. The number of allylic oxidation sites excluding steroid dienone is 4. The molecule has 5 rings (SSSR count). The molecule has 1 aromatic carbocycles. The average Bonchev–Trinajstić information content (AvgIpc) is 3.26. The van der Waals surface area contributed by atoms with Crippen LogP contribution in [0.5, 0.6) is 0 Å². The van der Waals surface area contributed by atoms with Crippen LogP contribution in [-0.2, 0) is 0 Å². The lowest BCUT2D eigenvalue weighted by Crippen LogP contribution is -2.21. The van der Waals surface area contributed by atoms with E-state index in [2.05, 4.69) is 10.9 Å². The molecule has 1 aliphatic rings. The van der Waals surface area contributed by atoms with Gasteiger partial charge in [0, 0.05) is 28.4 Å². The second-order valence-electron chi connectivity index (χ2n) is 7.11. The van der Waals surface area contributed by atoms with E-state index in [1.807, 2.05) is 42.5 Å². The summed E-state index contributed by atoms with van der Waals surface area (Å²) in [5.41, 5.74) is 2.24. The summed E-state index contributed by atoms with van der Waals surface area (Å²) in [6.45, 7) is 0. The number of halogens is 1. The Balaban J connectivity index is 1.80. The van der Waals surface area contributed by atoms with E-state index in [0.717, 1.165) is 16.2 Å². The highest BCUT2D eigenvalue weighted by molar-refractivity contribution is 6.29. The number of aromatic nitrogens is 3. The molecule has 5 nitrogen and oxygen atoms in total. The van der Waals surface area contributed by atoms with E-state index < -0.39 is 0 Å². The van der Waals surface area contributed by atoms with Gasteiger partial charge in [-0.2, -0.15) is 4.98 Å². The van der Waals surface area contributed by atoms with E-state index in [-0.39, 0.29) is 11.1 Å². The van der Waals surface area contributed by atoms with Gasteiger partial charge in [0.1, 0.15) is 5.52 Å². The molecule has 0 fully saturated rings. The minimum atomic E-state index is -0.311. The van der Waals surface area contributed by atoms with Gasteiger partial charge in [0.2, 0.25) is 5.89 Å². The quantitative estimate of drug-likeness (QED) is 0.417. The highest BCUT2D eigenvalue weighted by atomic mass is 35.5. The molecule has 0 spiro atoms. The van der Waals surface area contributed by atoms with E-state index >= 15 is 0 Å². The summed E-state index contributed by atoms with van der Waals surface area (Å²) in [6.07, 6.45) is 14.0. The van der Waals surface area contributed by atoms with Crippen LogP contribution in [0.25, 0.3) is 33.7 Å². The molecule has 0 unspecified atom stereocenters. The predicted octanol–water partition coefficient (Wildman–Crippen LogP) is 5.32. The van der Waals surface area contributed by atoms with E-state index in [9.17, 15) is 4.79 Å². The first kappa shape index (κ1) is 19.1. The average molecular weight is 426 g/mol. The number of hydrogen-bond acceptors (Lipinski definition) is 4. The third-order valence-corrected chi connectivity index (χ3v) is 5.50. The van der Waals surface area contributed by atoms with Crippen LogP contribution >= 0.6 is 11.6 Å². The van der Waals surface area contributed by atoms with E-state index in [4.69, 9.17) is 27.4 Å². The minimum absolute atomic E-state index is 0.286. The lowest BCUT2D eigenvalue weighted by atomic mass is 10.0. The molecule has 0 bridgehead atoms. The molecule has 31 heavy (non-hydrogen) atoms. The smallest absolute Gasteiger partial charge is 0.282 e. The SMILES string of the molecule is C#Cc1cn(-c2nc(-c3ccccc3)oc2C2=CC=C(Cl)CC2)c(=O)c2ncccc12. The summed E-state index contributed by atoms with van der Waals surface area (Å²) in [6, 6.07) is 13.1. The second-order valence-corrected chi connectivity index (χ2v) is 7.59. The number of pyridine rings is 2. The zero-order valence-electron chi connectivity index (χ0n) is 16.4. The number of benzene rings is 1. The predicted molar refractivity (Wildman–Crippen MR) is 122 cm³/mol. The molecule has 6 heteroatoms. The van der Waals surface area contributed by atoms with Crippen molar-refractivity contribution in [2.75, 3.05) is 0 Å². The molecule has 150 valence electrons. The Morgan fingerprint density at radius 2 is 1.94 bits per heavy atom. The van der Waals surface area contributed by atoms with Crippen LogP contribution in [0.4, 0.5) is 0 Å². The maximum Gasteiger partial charge on any atom is 0.282 e. The van der Waals surface area contributed by atoms with Gasteiger partial charge in [-0.25, -0.2) is 0 Å². The Labute approximate surface area is 183 Å². The molecular weight excluding hydrogens is 410 g/mol. The van der Waals surface area contributed by atoms with E-state index in [1.54, 1.807) is 24.5 Å². The molecule has 4 aromatic rings. The molecule has 0 saturated carbocycles. The van der Waals surface area contributed by atoms with Gasteiger partial charge in [-0.05, 0) is 48.8 Å². The van der Waals surface area contributed by atoms with Crippen molar-refractivity contribution in [1.29, 1.82) is 0 Å². The van der Waals surface area contributed by atoms with Gasteiger partial charge in [-0.15, -0.1) is 6.42 Å². The van der Waals surface area contributed by atoms with Crippen LogP contribution in [0.3, 0.4) is 0 Å². The minimum Gasteiger partial charge on any atom is -0.434 e. The lowest BCUT2D eigenvalue weighted by Gasteiger charge is -2.11. The number of rotatable bonds is 3. The van der Waals surface area contributed by atoms with Crippen molar-refractivity contribution in [3.05, 3.63) is 93.7 Å². The summed E-state index contributed by atoms with van der Waals surface area (Å²) in [4.78, 5) is 22.3. The summed E-state index contributed by atoms with van der Waals surface area (Å²) in [7, 11) is 0. The highest BCUT2D eigenvalue weighted by Crippen LogP contribution is 2.34. The Bertz CT molecular complexity index is 1470. The lowest BCUT2D eigenvalue weighted by molar-refractivity contribution is 0.556. The van der Waals surface area contributed by atoms with Crippen molar-refractivity contribution >= 4 is 28.1 Å². The fourth-order valence-electron chi connectivity index (χ4n) is 3.63. The zero-order valence-corrected chi connectivity index (χ0v) is 17.1. The zero-order chi connectivity index (χ0) is 21.4. The van der Waals surface area contributed by atoms with Crippen LogP contribution in [0, 0.1) is 12.3 Å². The van der Waals surface area contributed by atoms with Crippen LogP contribution in [0.15, 0.2) is 81.3 Å². The summed E-state index contributed by atoms with van der Waals surface area (Å²) in [5, 5.41) is 1.40. The molecule has 0 aliphatic heterocycles. The summed E-state index contributed by atoms with van der Waals surface area (Å²) >= 11 is 6.14. The maximum atomic E-state index is 13.3. The first-order chi connectivity index (χ1) is 15.2. The van der Waals surface area contributed by atoms with Crippen molar-refractivity contribution in [1.82, 2.24) is 14.5 Å². The van der Waals surface area contributed by atoms with Gasteiger partial charge >= 0.3 is 0 Å². The summed E-state index contributed by atoms with van der Waals surface area (Å²) in [5.74, 6) is 3.96. The molecule has 0 saturated heterocycles.